The van der Waals surface area contributed by atoms with E-state index in [4.69, 9.17) is 20.9 Å². The molecular weight excluding hydrogens is 304 g/mol. The summed E-state index contributed by atoms with van der Waals surface area (Å²) in [7, 11) is 3.05. The fraction of sp³-hybridized carbons (Fsp3) is 0.211. The lowest BCUT2D eigenvalue weighted by Crippen LogP contribution is -2.55. The lowest BCUT2D eigenvalue weighted by atomic mass is 9.79. The van der Waals surface area contributed by atoms with Gasteiger partial charge in [-0.3, -0.25) is 10.5 Å². The van der Waals surface area contributed by atoms with E-state index in [-0.39, 0.29) is 5.78 Å². The molecule has 0 heterocycles. The second kappa shape index (κ2) is 6.20. The molecule has 0 spiro atoms. The Morgan fingerprint density at radius 1 is 1.12 bits per heavy atom. The van der Waals surface area contributed by atoms with E-state index in [2.05, 4.69) is 0 Å². The first-order valence-electron chi connectivity index (χ1n) is 7.60. The predicted molar refractivity (Wildman–Crippen MR) is 92.6 cm³/mol. The Morgan fingerprint density at radius 3 is 2.46 bits per heavy atom. The lowest BCUT2D eigenvalue weighted by Gasteiger charge is -2.39. The highest BCUT2D eigenvalue weighted by atomic mass is 16.5. The van der Waals surface area contributed by atoms with Crippen LogP contribution < -0.4 is 16.2 Å². The van der Waals surface area contributed by atoms with Gasteiger partial charge in [0.05, 0.1) is 13.2 Å². The van der Waals surface area contributed by atoms with Crippen LogP contribution in [0.2, 0.25) is 0 Å². The van der Waals surface area contributed by atoms with Crippen LogP contribution in [0.3, 0.4) is 0 Å². The van der Waals surface area contributed by atoms with Crippen LogP contribution in [0.5, 0.6) is 5.75 Å². The largest absolute Gasteiger partial charge is 0.497 e. The zero-order valence-electron chi connectivity index (χ0n) is 13.7. The summed E-state index contributed by atoms with van der Waals surface area (Å²) in [6, 6.07) is 13.8. The highest BCUT2D eigenvalue weighted by Crippen LogP contribution is 2.40. The second-order valence-corrected chi connectivity index (χ2v) is 5.72. The van der Waals surface area contributed by atoms with Crippen molar-refractivity contribution >= 4 is 11.9 Å². The molecule has 0 amide bonds. The Labute approximate surface area is 140 Å². The van der Waals surface area contributed by atoms with Gasteiger partial charge in [0.2, 0.25) is 0 Å². The molecule has 0 bridgehead atoms. The Balaban J connectivity index is 2.17. The molecule has 2 aromatic carbocycles. The molecule has 1 aliphatic carbocycles. The van der Waals surface area contributed by atoms with E-state index in [9.17, 15) is 4.79 Å². The molecule has 0 saturated heterocycles. The molecular formula is C19H20N2O3. The van der Waals surface area contributed by atoms with Crippen molar-refractivity contribution < 1.29 is 14.3 Å². The van der Waals surface area contributed by atoms with Crippen LogP contribution in [-0.2, 0) is 4.74 Å². The van der Waals surface area contributed by atoms with Gasteiger partial charge in [-0.15, -0.1) is 0 Å². The van der Waals surface area contributed by atoms with Crippen LogP contribution in [-0.4, -0.2) is 25.7 Å². The molecule has 24 heavy (non-hydrogen) atoms. The average molecular weight is 324 g/mol. The summed E-state index contributed by atoms with van der Waals surface area (Å²) >= 11 is 0. The summed E-state index contributed by atoms with van der Waals surface area (Å²) in [6.45, 7) is 0. The lowest BCUT2D eigenvalue weighted by molar-refractivity contribution is 0.00381. The van der Waals surface area contributed by atoms with Crippen molar-refractivity contribution in [1.82, 2.24) is 0 Å². The number of ether oxygens (including phenoxy) is 2. The minimum atomic E-state index is -1.39. The Hall–Kier alpha value is -2.47. The minimum absolute atomic E-state index is 0.205. The van der Waals surface area contributed by atoms with E-state index in [1.54, 1.807) is 37.5 Å². The van der Waals surface area contributed by atoms with Crippen molar-refractivity contribution in [3.63, 3.8) is 0 Å². The second-order valence-electron chi connectivity index (χ2n) is 5.72. The van der Waals surface area contributed by atoms with Crippen LogP contribution in [0, 0.1) is 0 Å². The van der Waals surface area contributed by atoms with Gasteiger partial charge >= 0.3 is 0 Å². The SMILES string of the molecule is COc1ccc2c(c1)C=C(C(=O)c1ccccc1)C(N)(OC)C2N. The van der Waals surface area contributed by atoms with Gasteiger partial charge in [0.15, 0.2) is 11.5 Å². The third kappa shape index (κ3) is 2.53. The third-order valence-electron chi connectivity index (χ3n) is 4.43. The third-order valence-corrected chi connectivity index (χ3v) is 4.43. The highest BCUT2D eigenvalue weighted by molar-refractivity contribution is 6.13. The van der Waals surface area contributed by atoms with Crippen LogP contribution in [0.4, 0.5) is 0 Å². The number of fused-ring (bicyclic) bond motifs is 1. The number of nitrogens with two attached hydrogens (primary N) is 2. The maximum Gasteiger partial charge on any atom is 0.193 e. The van der Waals surface area contributed by atoms with Crippen molar-refractivity contribution in [2.24, 2.45) is 11.5 Å². The zero-order chi connectivity index (χ0) is 17.3. The molecule has 0 radical (unpaired) electrons. The van der Waals surface area contributed by atoms with Crippen molar-refractivity contribution in [1.29, 1.82) is 0 Å². The monoisotopic (exact) mass is 324 g/mol. The van der Waals surface area contributed by atoms with Crippen molar-refractivity contribution in [3.8, 4) is 5.75 Å². The molecule has 2 unspecified atom stereocenters. The number of hydrogen-bond donors (Lipinski definition) is 2. The quantitative estimate of drug-likeness (QED) is 0.665. The van der Waals surface area contributed by atoms with E-state index in [0.29, 0.717) is 16.9 Å². The van der Waals surface area contributed by atoms with Gasteiger partial charge in [-0.25, -0.2) is 0 Å². The van der Waals surface area contributed by atoms with Gasteiger partial charge in [0.25, 0.3) is 0 Å². The van der Waals surface area contributed by atoms with Gasteiger partial charge in [0.1, 0.15) is 5.75 Å². The number of rotatable bonds is 4. The van der Waals surface area contributed by atoms with Crippen molar-refractivity contribution in [2.75, 3.05) is 14.2 Å². The van der Waals surface area contributed by atoms with Gasteiger partial charge < -0.3 is 15.2 Å². The number of carbonyl (C=O) groups is 1. The first-order valence-corrected chi connectivity index (χ1v) is 7.60. The van der Waals surface area contributed by atoms with E-state index in [1.165, 1.54) is 7.11 Å². The summed E-state index contributed by atoms with van der Waals surface area (Å²) in [5.41, 5.74) is 13.8. The Bertz CT molecular complexity index is 802. The Morgan fingerprint density at radius 2 is 1.83 bits per heavy atom. The number of methoxy groups -OCH3 is 2. The normalized spacial score (nSPS) is 22.5. The van der Waals surface area contributed by atoms with Gasteiger partial charge in [-0.1, -0.05) is 36.4 Å². The molecule has 3 rings (SSSR count). The average Bonchev–Trinajstić information content (AvgIpc) is 2.64. The Kier molecular flexibility index (Phi) is 4.24. The molecule has 2 aromatic rings. The fourth-order valence-electron chi connectivity index (χ4n) is 2.98. The van der Waals surface area contributed by atoms with Crippen LogP contribution in [0.15, 0.2) is 54.1 Å². The summed E-state index contributed by atoms with van der Waals surface area (Å²) in [5, 5.41) is 0. The van der Waals surface area contributed by atoms with E-state index in [1.807, 2.05) is 24.3 Å². The molecule has 0 fully saturated rings. The van der Waals surface area contributed by atoms with Gasteiger partial charge in [-0.05, 0) is 29.3 Å². The van der Waals surface area contributed by atoms with Crippen LogP contribution >= 0.6 is 0 Å². The number of benzene rings is 2. The molecule has 124 valence electrons. The van der Waals surface area contributed by atoms with Gasteiger partial charge in [-0.2, -0.15) is 0 Å². The molecule has 0 aliphatic heterocycles. The van der Waals surface area contributed by atoms with E-state index < -0.39 is 11.8 Å². The van der Waals surface area contributed by atoms with Crippen molar-refractivity contribution in [3.05, 3.63) is 70.8 Å². The number of ketones is 1. The molecule has 0 aromatic heterocycles. The van der Waals surface area contributed by atoms with E-state index >= 15 is 0 Å². The summed E-state index contributed by atoms with van der Waals surface area (Å²) < 4.78 is 10.7. The standard InChI is InChI=1S/C19H20N2O3/c1-23-14-8-9-15-13(10-14)11-16(19(21,24-2)18(15)20)17(22)12-6-4-3-5-7-12/h3-11,18H,20-21H2,1-2H3. The maximum absolute atomic E-state index is 13.0. The predicted octanol–water partition coefficient (Wildman–Crippen LogP) is 2.28. The number of hydrogen-bond acceptors (Lipinski definition) is 5. The zero-order valence-corrected chi connectivity index (χ0v) is 13.7. The highest BCUT2D eigenvalue weighted by Gasteiger charge is 2.44. The summed E-state index contributed by atoms with van der Waals surface area (Å²) in [6.07, 6.45) is 1.74. The fourth-order valence-corrected chi connectivity index (χ4v) is 2.98. The molecule has 2 atom stereocenters. The molecule has 5 heteroatoms. The van der Waals surface area contributed by atoms with Crippen LogP contribution in [0.25, 0.3) is 6.08 Å². The number of Topliss-reactive ketones (excluding diaryl/α,β-unsaturated/α-hetero) is 1. The molecule has 4 N–H and O–H groups in total. The molecule has 1 aliphatic rings. The van der Waals surface area contributed by atoms with Gasteiger partial charge in [0, 0.05) is 18.2 Å². The first kappa shape index (κ1) is 16.4. The summed E-state index contributed by atoms with van der Waals surface area (Å²) in [5.74, 6) is 0.481. The van der Waals surface area contributed by atoms with Crippen LogP contribution in [0.1, 0.15) is 27.5 Å². The molecule has 5 nitrogen and oxygen atoms in total. The number of carbonyl (C=O) groups excluding carboxylic acids is 1. The minimum Gasteiger partial charge on any atom is -0.497 e. The summed E-state index contributed by atoms with van der Waals surface area (Å²) in [4.78, 5) is 13.0. The van der Waals surface area contributed by atoms with E-state index in [0.717, 1.165) is 11.1 Å². The maximum atomic E-state index is 13.0. The molecule has 0 saturated carbocycles. The van der Waals surface area contributed by atoms with Crippen molar-refractivity contribution in [2.45, 2.75) is 11.8 Å². The topological polar surface area (TPSA) is 87.6 Å². The smallest absolute Gasteiger partial charge is 0.193 e. The first-order chi connectivity index (χ1) is 11.5.